The fourth-order valence-corrected chi connectivity index (χ4v) is 2.97. The van der Waals surface area contributed by atoms with Crippen molar-refractivity contribution in [2.45, 2.75) is 25.8 Å². The van der Waals surface area contributed by atoms with Crippen molar-refractivity contribution < 1.29 is 4.79 Å². The van der Waals surface area contributed by atoms with Crippen molar-refractivity contribution in [2.75, 3.05) is 18.6 Å². The summed E-state index contributed by atoms with van der Waals surface area (Å²) in [4.78, 5) is 15.1. The van der Waals surface area contributed by atoms with Crippen LogP contribution < -0.4 is 11.1 Å². The lowest BCUT2D eigenvalue weighted by atomic mass is 10.1. The second-order valence-corrected chi connectivity index (χ2v) is 6.23. The van der Waals surface area contributed by atoms with Gasteiger partial charge < -0.3 is 16.0 Å². The zero-order chi connectivity index (χ0) is 15.2. The lowest BCUT2D eigenvalue weighted by Crippen LogP contribution is -2.41. The Morgan fingerprint density at radius 3 is 2.95 bits per heavy atom. The van der Waals surface area contributed by atoms with Crippen LogP contribution in [0.15, 0.2) is 24.4 Å². The summed E-state index contributed by atoms with van der Waals surface area (Å²) in [5, 5.41) is 4.19. The Morgan fingerprint density at radius 1 is 1.45 bits per heavy atom. The number of amides is 1. The first-order valence-corrected chi connectivity index (χ1v) is 8.60. The Bertz CT molecular complexity index is 614. The number of hydrogen-bond acceptors (Lipinski definition) is 3. The van der Waals surface area contributed by atoms with Gasteiger partial charge in [-0.25, -0.2) is 0 Å². The predicted molar refractivity (Wildman–Crippen MR) is 98.0 cm³/mol. The third-order valence-electron chi connectivity index (χ3n) is 3.66. The van der Waals surface area contributed by atoms with Gasteiger partial charge in [-0.1, -0.05) is 12.1 Å². The van der Waals surface area contributed by atoms with Crippen LogP contribution in [0, 0.1) is 6.92 Å². The van der Waals surface area contributed by atoms with Crippen molar-refractivity contribution >= 4 is 41.0 Å². The Labute approximate surface area is 142 Å². The van der Waals surface area contributed by atoms with Crippen molar-refractivity contribution in [3.8, 4) is 0 Å². The van der Waals surface area contributed by atoms with Crippen molar-refractivity contribution in [2.24, 2.45) is 5.73 Å². The Hall–Kier alpha value is -1.17. The zero-order valence-electron chi connectivity index (χ0n) is 13.0. The summed E-state index contributed by atoms with van der Waals surface area (Å²) in [7, 11) is 0. The highest BCUT2D eigenvalue weighted by atomic mass is 35.5. The quantitative estimate of drug-likeness (QED) is 0.725. The molecule has 0 aliphatic heterocycles. The lowest BCUT2D eigenvalue weighted by molar-refractivity contribution is -0.122. The van der Waals surface area contributed by atoms with Crippen LogP contribution >= 0.6 is 24.2 Å². The van der Waals surface area contributed by atoms with E-state index in [9.17, 15) is 4.79 Å². The molecule has 6 heteroatoms. The normalized spacial score (nSPS) is 12.0. The molecule has 0 aliphatic carbocycles. The molecule has 0 saturated heterocycles. The first-order chi connectivity index (χ1) is 10.1. The first-order valence-electron chi connectivity index (χ1n) is 7.21. The molecule has 0 aliphatic rings. The predicted octanol–water partition coefficient (Wildman–Crippen LogP) is 2.64. The van der Waals surface area contributed by atoms with E-state index in [2.05, 4.69) is 29.4 Å². The van der Waals surface area contributed by atoms with E-state index in [0.717, 1.165) is 24.1 Å². The Balaban J connectivity index is 0.00000242. The molecular weight excluding hydrogens is 318 g/mol. The average Bonchev–Trinajstić information content (AvgIpc) is 2.89. The van der Waals surface area contributed by atoms with Crippen LogP contribution in [-0.2, 0) is 11.2 Å². The molecule has 0 spiro atoms. The van der Waals surface area contributed by atoms with E-state index >= 15 is 0 Å². The van der Waals surface area contributed by atoms with Gasteiger partial charge in [0, 0.05) is 23.6 Å². The number of hydrogen-bond donors (Lipinski definition) is 3. The number of carbonyl (C=O) groups is 1. The molecule has 122 valence electrons. The zero-order valence-corrected chi connectivity index (χ0v) is 14.7. The molecule has 0 radical (unpaired) electrons. The van der Waals surface area contributed by atoms with Gasteiger partial charge in [0.15, 0.2) is 0 Å². The first kappa shape index (κ1) is 18.9. The number of aryl methyl sites for hydroxylation is 1. The van der Waals surface area contributed by atoms with E-state index in [1.807, 2.05) is 18.5 Å². The Kier molecular flexibility index (Phi) is 7.79. The molecule has 1 aromatic heterocycles. The summed E-state index contributed by atoms with van der Waals surface area (Å²) >= 11 is 1.71. The fraction of sp³-hybridized carbons (Fsp3) is 0.438. The highest BCUT2D eigenvalue weighted by molar-refractivity contribution is 7.98. The molecular formula is C16H24ClN3OS. The minimum Gasteiger partial charge on any atom is -0.361 e. The average molecular weight is 342 g/mol. The molecule has 1 atom stereocenters. The number of carbonyl (C=O) groups excluding carboxylic acids is 1. The van der Waals surface area contributed by atoms with Crippen molar-refractivity contribution in [3.63, 3.8) is 0 Å². The molecule has 1 amide bonds. The van der Waals surface area contributed by atoms with Crippen molar-refractivity contribution in [1.29, 1.82) is 0 Å². The second-order valence-electron chi connectivity index (χ2n) is 5.24. The smallest absolute Gasteiger partial charge is 0.236 e. The highest BCUT2D eigenvalue weighted by Gasteiger charge is 2.12. The molecule has 4 N–H and O–H groups in total. The number of aromatic nitrogens is 1. The van der Waals surface area contributed by atoms with Crippen LogP contribution in [0.1, 0.15) is 17.5 Å². The number of H-pyrrole nitrogens is 1. The SMILES string of the molecule is CSCC[C@H](N)C(=O)NCCc1c[nH]c2cccc(C)c12.Cl. The summed E-state index contributed by atoms with van der Waals surface area (Å²) in [5.41, 5.74) is 9.49. The summed E-state index contributed by atoms with van der Waals surface area (Å²) < 4.78 is 0. The van der Waals surface area contributed by atoms with Crippen LogP contribution in [0.4, 0.5) is 0 Å². The second kappa shape index (κ2) is 9.08. The molecule has 2 aromatic rings. The Morgan fingerprint density at radius 2 is 2.23 bits per heavy atom. The number of rotatable bonds is 7. The van der Waals surface area contributed by atoms with Gasteiger partial charge in [-0.05, 0) is 49.0 Å². The molecule has 4 nitrogen and oxygen atoms in total. The maximum atomic E-state index is 11.9. The summed E-state index contributed by atoms with van der Waals surface area (Å²) in [6.07, 6.45) is 5.58. The summed E-state index contributed by atoms with van der Waals surface area (Å²) in [5.74, 6) is 0.858. The number of aromatic amines is 1. The molecule has 2 rings (SSSR count). The molecule has 0 fully saturated rings. The van der Waals surface area contributed by atoms with E-state index in [-0.39, 0.29) is 18.3 Å². The van der Waals surface area contributed by atoms with E-state index in [1.165, 1.54) is 16.5 Å². The number of thioether (sulfide) groups is 1. The molecule has 0 unspecified atom stereocenters. The van der Waals surface area contributed by atoms with Crippen molar-refractivity contribution in [3.05, 3.63) is 35.5 Å². The van der Waals surface area contributed by atoms with E-state index in [1.54, 1.807) is 11.8 Å². The molecule has 0 bridgehead atoms. The largest absolute Gasteiger partial charge is 0.361 e. The monoisotopic (exact) mass is 341 g/mol. The molecule has 22 heavy (non-hydrogen) atoms. The maximum Gasteiger partial charge on any atom is 0.236 e. The molecule has 1 aromatic carbocycles. The third kappa shape index (κ3) is 4.66. The van der Waals surface area contributed by atoms with Gasteiger partial charge in [0.2, 0.25) is 5.91 Å². The van der Waals surface area contributed by atoms with E-state index in [4.69, 9.17) is 5.73 Å². The number of nitrogens with one attached hydrogen (secondary N) is 2. The van der Waals surface area contributed by atoms with Gasteiger partial charge in [-0.3, -0.25) is 4.79 Å². The van der Waals surface area contributed by atoms with Gasteiger partial charge >= 0.3 is 0 Å². The minimum atomic E-state index is -0.401. The maximum absolute atomic E-state index is 11.9. The number of halogens is 1. The van der Waals surface area contributed by atoms with Gasteiger partial charge in [0.1, 0.15) is 0 Å². The van der Waals surface area contributed by atoms with E-state index in [0.29, 0.717) is 6.54 Å². The number of nitrogens with two attached hydrogens (primary N) is 1. The third-order valence-corrected chi connectivity index (χ3v) is 4.30. The van der Waals surface area contributed by atoms with Crippen LogP contribution in [0.2, 0.25) is 0 Å². The van der Waals surface area contributed by atoms with E-state index < -0.39 is 6.04 Å². The summed E-state index contributed by atoms with van der Waals surface area (Å²) in [6.45, 7) is 2.73. The lowest BCUT2D eigenvalue weighted by Gasteiger charge is -2.11. The van der Waals surface area contributed by atoms with Gasteiger partial charge in [0.25, 0.3) is 0 Å². The van der Waals surface area contributed by atoms with Gasteiger partial charge in [-0.2, -0.15) is 11.8 Å². The molecule has 0 saturated carbocycles. The summed E-state index contributed by atoms with van der Waals surface area (Å²) in [6, 6.07) is 5.83. The van der Waals surface area contributed by atoms with Gasteiger partial charge in [0.05, 0.1) is 6.04 Å². The topological polar surface area (TPSA) is 70.9 Å². The highest BCUT2D eigenvalue weighted by Crippen LogP contribution is 2.22. The fourth-order valence-electron chi connectivity index (χ4n) is 2.48. The number of benzene rings is 1. The minimum absolute atomic E-state index is 0. The standard InChI is InChI=1S/C16H23N3OS.ClH/c1-11-4-3-5-14-15(11)12(10-19-14)6-8-18-16(20)13(17)7-9-21-2;/h3-5,10,13,19H,6-9,17H2,1-2H3,(H,18,20);1H/t13-;/m0./s1. The number of fused-ring (bicyclic) bond motifs is 1. The molecule has 1 heterocycles. The van der Waals surface area contributed by atoms with Crippen LogP contribution in [0.5, 0.6) is 0 Å². The van der Waals surface area contributed by atoms with Crippen molar-refractivity contribution in [1.82, 2.24) is 10.3 Å². The van der Waals surface area contributed by atoms with Gasteiger partial charge in [-0.15, -0.1) is 12.4 Å². The van der Waals surface area contributed by atoms with Crippen LogP contribution in [-0.4, -0.2) is 35.5 Å². The van der Waals surface area contributed by atoms with Crippen LogP contribution in [0.3, 0.4) is 0 Å². The van der Waals surface area contributed by atoms with Crippen LogP contribution in [0.25, 0.3) is 10.9 Å².